The summed E-state index contributed by atoms with van der Waals surface area (Å²) in [6.45, 7) is 19.0. The summed E-state index contributed by atoms with van der Waals surface area (Å²) in [5.74, 6) is 2.58. The largest absolute Gasteiger partial charge is 0.373 e. The van der Waals surface area contributed by atoms with Gasteiger partial charge in [0.15, 0.2) is 5.82 Å². The van der Waals surface area contributed by atoms with E-state index in [0.29, 0.717) is 5.92 Å². The Hall–Kier alpha value is -1.71. The Bertz CT molecular complexity index is 514. The second-order valence-corrected chi connectivity index (χ2v) is 6.55. The van der Waals surface area contributed by atoms with Crippen molar-refractivity contribution in [3.8, 4) is 0 Å². The number of hydrogen-bond acceptors (Lipinski definition) is 3. The molecule has 23 heavy (non-hydrogen) atoms. The molecule has 0 fully saturated rings. The molecule has 1 aromatic rings. The maximum Gasteiger partial charge on any atom is 0.158 e. The van der Waals surface area contributed by atoms with Gasteiger partial charge in [0.25, 0.3) is 0 Å². The molecule has 1 heterocycles. The smallest absolute Gasteiger partial charge is 0.158 e. The van der Waals surface area contributed by atoms with Crippen molar-refractivity contribution in [2.75, 3.05) is 18.9 Å². The van der Waals surface area contributed by atoms with Crippen LogP contribution in [0.1, 0.15) is 58.5 Å². The zero-order valence-corrected chi connectivity index (χ0v) is 15.7. The molecule has 0 atom stereocenters. The van der Waals surface area contributed by atoms with Crippen LogP contribution in [0.4, 0.5) is 5.82 Å². The van der Waals surface area contributed by atoms with Crippen molar-refractivity contribution in [3.05, 3.63) is 30.9 Å². The van der Waals surface area contributed by atoms with E-state index in [-0.39, 0.29) is 0 Å². The second-order valence-electron chi connectivity index (χ2n) is 6.55. The van der Waals surface area contributed by atoms with Gasteiger partial charge < -0.3 is 14.8 Å². The molecule has 0 radical (unpaired) electrons. The van der Waals surface area contributed by atoms with Gasteiger partial charge in [-0.3, -0.25) is 0 Å². The van der Waals surface area contributed by atoms with Crippen molar-refractivity contribution >= 4 is 11.5 Å². The van der Waals surface area contributed by atoms with Crippen LogP contribution in [0.25, 0.3) is 5.70 Å². The molecule has 130 valence electrons. The molecule has 4 nitrogen and oxygen atoms in total. The average Bonchev–Trinajstić information content (AvgIpc) is 2.81. The summed E-state index contributed by atoms with van der Waals surface area (Å²) in [7, 11) is 2.11. The lowest BCUT2D eigenvalue weighted by molar-refractivity contribution is 0.457. The van der Waals surface area contributed by atoms with Gasteiger partial charge in [0.1, 0.15) is 11.5 Å². The summed E-state index contributed by atoms with van der Waals surface area (Å²) in [6, 6.07) is 0. The minimum Gasteiger partial charge on any atom is -0.373 e. The van der Waals surface area contributed by atoms with Crippen LogP contribution in [-0.4, -0.2) is 28.0 Å². The average molecular weight is 319 g/mol. The fourth-order valence-corrected chi connectivity index (χ4v) is 2.69. The molecule has 1 rings (SSSR count). The molecule has 0 spiro atoms. The van der Waals surface area contributed by atoms with E-state index in [1.54, 1.807) is 6.20 Å². The fraction of sp³-hybridized carbons (Fsp3) is 0.632. The number of rotatable bonds is 11. The third-order valence-corrected chi connectivity index (χ3v) is 3.90. The highest BCUT2D eigenvalue weighted by Gasteiger charge is 2.21. The lowest BCUT2D eigenvalue weighted by Gasteiger charge is -2.23. The molecule has 1 aromatic heterocycles. The predicted octanol–water partition coefficient (Wildman–Crippen LogP) is 4.75. The fourth-order valence-electron chi connectivity index (χ4n) is 2.69. The summed E-state index contributed by atoms with van der Waals surface area (Å²) in [5, 5.41) is 3.20. The number of unbranched alkanes of at least 4 members (excludes halogenated alkanes) is 1. The first kappa shape index (κ1) is 19.3. The van der Waals surface area contributed by atoms with E-state index in [9.17, 15) is 0 Å². The maximum atomic E-state index is 4.84. The number of hydrogen-bond donors (Lipinski definition) is 1. The van der Waals surface area contributed by atoms with Crippen LogP contribution < -0.4 is 5.32 Å². The molecule has 1 N–H and O–H groups in total. The molecule has 0 aliphatic rings. The van der Waals surface area contributed by atoms with Gasteiger partial charge in [0, 0.05) is 26.6 Å². The Morgan fingerprint density at radius 3 is 2.57 bits per heavy atom. The Labute approximate surface area is 142 Å². The summed E-state index contributed by atoms with van der Waals surface area (Å²) >= 11 is 0. The van der Waals surface area contributed by atoms with E-state index >= 15 is 0 Å². The van der Waals surface area contributed by atoms with E-state index in [0.717, 1.165) is 49.0 Å². The van der Waals surface area contributed by atoms with Crippen molar-refractivity contribution in [2.24, 2.45) is 5.92 Å². The lowest BCUT2D eigenvalue weighted by Crippen LogP contribution is -2.20. The minimum atomic E-state index is 0.573. The normalized spacial score (nSPS) is 10.9. The Morgan fingerprint density at radius 2 is 2.04 bits per heavy atom. The zero-order chi connectivity index (χ0) is 17.4. The Morgan fingerprint density at radius 1 is 1.35 bits per heavy atom. The van der Waals surface area contributed by atoms with E-state index in [1.807, 2.05) is 0 Å². The second kappa shape index (κ2) is 9.43. The van der Waals surface area contributed by atoms with Crippen molar-refractivity contribution in [1.82, 2.24) is 14.5 Å². The molecule has 4 heteroatoms. The maximum absolute atomic E-state index is 4.84. The van der Waals surface area contributed by atoms with Crippen molar-refractivity contribution in [2.45, 2.75) is 59.9 Å². The molecule has 0 saturated carbocycles. The summed E-state index contributed by atoms with van der Waals surface area (Å²) in [6.07, 6.45) is 6.09. The molecule has 0 aliphatic carbocycles. The van der Waals surface area contributed by atoms with Gasteiger partial charge in [-0.2, -0.15) is 0 Å². The quantitative estimate of drug-likeness (QED) is 0.639. The lowest BCUT2D eigenvalue weighted by atomic mass is 10.1. The standard InChI is InChI=1S/C19H34N4/c1-8-11-13-22(7)16(6)18-19(20-10-3)21-17(14-15(4)5)23(18)12-9-2/h10,15,20H,3,6,8-9,11-14H2,1-2,4-5,7H3. The molecule has 0 saturated heterocycles. The van der Waals surface area contributed by atoms with Crippen molar-refractivity contribution in [3.63, 3.8) is 0 Å². The molecule has 0 amide bonds. The Balaban J connectivity index is 3.25. The first-order valence-corrected chi connectivity index (χ1v) is 8.83. The van der Waals surface area contributed by atoms with Crippen molar-refractivity contribution < 1.29 is 0 Å². The van der Waals surface area contributed by atoms with E-state index in [1.165, 1.54) is 12.8 Å². The summed E-state index contributed by atoms with van der Waals surface area (Å²) in [5.41, 5.74) is 2.12. The SMILES string of the molecule is C=CNc1nc(CC(C)C)n(CCC)c1C(=C)N(C)CCCC. The van der Waals surface area contributed by atoms with Crippen LogP contribution in [0.15, 0.2) is 19.4 Å². The number of anilines is 1. The van der Waals surface area contributed by atoms with Crippen LogP contribution in [0.3, 0.4) is 0 Å². The number of aromatic nitrogens is 2. The molecular formula is C19H34N4. The highest BCUT2D eigenvalue weighted by Crippen LogP contribution is 2.28. The van der Waals surface area contributed by atoms with E-state index in [2.05, 4.69) is 62.7 Å². The molecule has 0 bridgehead atoms. The van der Waals surface area contributed by atoms with Crippen molar-refractivity contribution in [1.29, 1.82) is 0 Å². The van der Waals surface area contributed by atoms with Crippen LogP contribution in [0.5, 0.6) is 0 Å². The van der Waals surface area contributed by atoms with Crippen LogP contribution in [0.2, 0.25) is 0 Å². The molecular weight excluding hydrogens is 284 g/mol. The van der Waals surface area contributed by atoms with Gasteiger partial charge >= 0.3 is 0 Å². The van der Waals surface area contributed by atoms with Gasteiger partial charge in [-0.15, -0.1) is 0 Å². The van der Waals surface area contributed by atoms with Crippen LogP contribution in [0, 0.1) is 5.92 Å². The monoisotopic (exact) mass is 318 g/mol. The summed E-state index contributed by atoms with van der Waals surface area (Å²) < 4.78 is 2.33. The van der Waals surface area contributed by atoms with Crippen LogP contribution in [-0.2, 0) is 13.0 Å². The van der Waals surface area contributed by atoms with Crippen LogP contribution >= 0.6 is 0 Å². The highest BCUT2D eigenvalue weighted by molar-refractivity contribution is 5.70. The number of nitrogens with zero attached hydrogens (tertiary/aromatic N) is 3. The zero-order valence-electron chi connectivity index (χ0n) is 15.7. The summed E-state index contributed by atoms with van der Waals surface area (Å²) in [4.78, 5) is 7.07. The first-order chi connectivity index (χ1) is 11.0. The third-order valence-electron chi connectivity index (χ3n) is 3.90. The molecule has 0 aromatic carbocycles. The number of nitrogens with one attached hydrogen (secondary N) is 1. The van der Waals surface area contributed by atoms with Gasteiger partial charge in [0.05, 0.1) is 5.70 Å². The molecule has 0 unspecified atom stereocenters. The van der Waals surface area contributed by atoms with E-state index in [4.69, 9.17) is 4.98 Å². The number of imidazole rings is 1. The topological polar surface area (TPSA) is 33.1 Å². The third kappa shape index (κ3) is 5.15. The highest BCUT2D eigenvalue weighted by atomic mass is 15.2. The van der Waals surface area contributed by atoms with Gasteiger partial charge in [-0.1, -0.05) is 47.3 Å². The Kier molecular flexibility index (Phi) is 7.93. The van der Waals surface area contributed by atoms with Gasteiger partial charge in [0.2, 0.25) is 0 Å². The first-order valence-electron chi connectivity index (χ1n) is 8.83. The van der Waals surface area contributed by atoms with E-state index < -0.39 is 0 Å². The van der Waals surface area contributed by atoms with Gasteiger partial charge in [-0.25, -0.2) is 4.98 Å². The van der Waals surface area contributed by atoms with Gasteiger partial charge in [-0.05, 0) is 25.0 Å². The predicted molar refractivity (Wildman–Crippen MR) is 101 cm³/mol. The minimum absolute atomic E-state index is 0.573. The molecule has 0 aliphatic heterocycles.